The first-order valence-electron chi connectivity index (χ1n) is 6.22. The third-order valence-electron chi connectivity index (χ3n) is 2.68. The van der Waals surface area contributed by atoms with Crippen molar-refractivity contribution < 1.29 is 0 Å². The minimum Gasteiger partial charge on any atom is -0.369 e. The van der Waals surface area contributed by atoms with E-state index in [0.717, 1.165) is 39.4 Å². The summed E-state index contributed by atoms with van der Waals surface area (Å²) in [5.41, 5.74) is 2.00. The van der Waals surface area contributed by atoms with Gasteiger partial charge in [-0.1, -0.05) is 30.7 Å². The van der Waals surface area contributed by atoms with Gasteiger partial charge in [0, 0.05) is 17.1 Å². The number of hydrogen-bond donors (Lipinski definition) is 1. The topological polar surface area (TPSA) is 37.8 Å². The molecule has 2 rings (SSSR count). The Kier molecular flexibility index (Phi) is 4.99. The van der Waals surface area contributed by atoms with E-state index in [9.17, 15) is 0 Å². The Morgan fingerprint density at radius 1 is 1.26 bits per heavy atom. The van der Waals surface area contributed by atoms with E-state index in [1.54, 1.807) is 0 Å². The molecular formula is C14H15ClIN3. The van der Waals surface area contributed by atoms with Gasteiger partial charge in [0.25, 0.3) is 0 Å². The van der Waals surface area contributed by atoms with Gasteiger partial charge in [-0.05, 0) is 48.1 Å². The summed E-state index contributed by atoms with van der Waals surface area (Å²) in [7, 11) is 0. The van der Waals surface area contributed by atoms with Crippen molar-refractivity contribution in [3.8, 4) is 11.4 Å². The van der Waals surface area contributed by atoms with Crippen LogP contribution in [0.3, 0.4) is 0 Å². The van der Waals surface area contributed by atoms with Gasteiger partial charge in [-0.2, -0.15) is 0 Å². The molecule has 1 N–H and O–H groups in total. The quantitative estimate of drug-likeness (QED) is 0.790. The molecule has 2 aromatic rings. The van der Waals surface area contributed by atoms with Crippen molar-refractivity contribution in [2.24, 2.45) is 0 Å². The Morgan fingerprint density at radius 2 is 2.05 bits per heavy atom. The number of aromatic nitrogens is 2. The van der Waals surface area contributed by atoms with Gasteiger partial charge in [0.1, 0.15) is 5.82 Å². The first-order valence-corrected chi connectivity index (χ1v) is 7.67. The molecule has 0 spiro atoms. The van der Waals surface area contributed by atoms with E-state index >= 15 is 0 Å². The molecule has 0 amide bonds. The lowest BCUT2D eigenvalue weighted by molar-refractivity contribution is 0.982. The lowest BCUT2D eigenvalue weighted by Gasteiger charge is -2.11. The fraction of sp³-hybridized carbons (Fsp3) is 0.286. The van der Waals surface area contributed by atoms with Crippen LogP contribution < -0.4 is 5.32 Å². The van der Waals surface area contributed by atoms with E-state index in [4.69, 9.17) is 11.6 Å². The van der Waals surface area contributed by atoms with Crippen LogP contribution >= 0.6 is 34.2 Å². The first kappa shape index (κ1) is 14.5. The molecule has 3 nitrogen and oxygen atoms in total. The second-order valence-electron chi connectivity index (χ2n) is 4.05. The van der Waals surface area contributed by atoms with Crippen LogP contribution in [0.1, 0.15) is 19.5 Å². The van der Waals surface area contributed by atoms with Crippen LogP contribution in [-0.2, 0) is 6.42 Å². The van der Waals surface area contributed by atoms with Gasteiger partial charge < -0.3 is 5.32 Å². The van der Waals surface area contributed by atoms with Crippen molar-refractivity contribution in [1.82, 2.24) is 9.97 Å². The Balaban J connectivity index is 2.54. The first-order chi connectivity index (χ1) is 9.15. The smallest absolute Gasteiger partial charge is 0.161 e. The number of nitrogens with one attached hydrogen (secondary N) is 1. The summed E-state index contributed by atoms with van der Waals surface area (Å²) in [4.78, 5) is 9.22. The van der Waals surface area contributed by atoms with Crippen molar-refractivity contribution in [1.29, 1.82) is 0 Å². The molecule has 1 aromatic heterocycles. The van der Waals surface area contributed by atoms with Crippen molar-refractivity contribution in [3.63, 3.8) is 0 Å². The molecule has 0 saturated carbocycles. The minimum absolute atomic E-state index is 0.697. The third kappa shape index (κ3) is 3.36. The number of aryl methyl sites for hydroxylation is 1. The fourth-order valence-electron chi connectivity index (χ4n) is 1.77. The summed E-state index contributed by atoms with van der Waals surface area (Å²) in [6, 6.07) is 7.63. The molecular weight excluding hydrogens is 373 g/mol. The largest absolute Gasteiger partial charge is 0.369 e. The van der Waals surface area contributed by atoms with Crippen molar-refractivity contribution in [2.75, 3.05) is 11.9 Å². The van der Waals surface area contributed by atoms with Crippen LogP contribution in [0, 0.1) is 3.57 Å². The van der Waals surface area contributed by atoms with Gasteiger partial charge in [-0.3, -0.25) is 0 Å². The molecule has 0 aliphatic carbocycles. The van der Waals surface area contributed by atoms with Crippen LogP contribution in [0.5, 0.6) is 0 Å². The standard InChI is InChI=1S/C14H15ClIN3/c1-3-11-12(16)14(17-4-2)19-13(18-11)9-6-5-7-10(15)8-9/h5-8H,3-4H2,1-2H3,(H,17,18,19). The Morgan fingerprint density at radius 3 is 2.68 bits per heavy atom. The molecule has 1 heterocycles. The summed E-state index contributed by atoms with van der Waals surface area (Å²) < 4.78 is 1.09. The zero-order valence-electron chi connectivity index (χ0n) is 10.9. The number of hydrogen-bond acceptors (Lipinski definition) is 3. The van der Waals surface area contributed by atoms with Crippen LogP contribution in [0.25, 0.3) is 11.4 Å². The molecule has 0 fully saturated rings. The van der Waals surface area contributed by atoms with Crippen LogP contribution in [0.2, 0.25) is 5.02 Å². The maximum absolute atomic E-state index is 6.03. The highest BCUT2D eigenvalue weighted by molar-refractivity contribution is 14.1. The predicted octanol–water partition coefficient (Wildman–Crippen LogP) is 4.40. The highest BCUT2D eigenvalue weighted by Gasteiger charge is 2.12. The average molecular weight is 388 g/mol. The van der Waals surface area contributed by atoms with Crippen molar-refractivity contribution in [3.05, 3.63) is 38.6 Å². The summed E-state index contributed by atoms with van der Waals surface area (Å²) in [5.74, 6) is 1.61. The number of benzene rings is 1. The van der Waals surface area contributed by atoms with Crippen molar-refractivity contribution in [2.45, 2.75) is 20.3 Å². The lowest BCUT2D eigenvalue weighted by Crippen LogP contribution is -2.07. The number of halogens is 2. The second kappa shape index (κ2) is 6.52. The molecule has 0 unspecified atom stereocenters. The summed E-state index contributed by atoms with van der Waals surface area (Å²) in [6.07, 6.45) is 0.882. The summed E-state index contributed by atoms with van der Waals surface area (Å²) in [6.45, 7) is 5.00. The van der Waals surface area contributed by atoms with E-state index in [-0.39, 0.29) is 0 Å². The van der Waals surface area contributed by atoms with Crippen molar-refractivity contribution >= 4 is 40.0 Å². The summed E-state index contributed by atoms with van der Waals surface area (Å²) >= 11 is 8.32. The normalized spacial score (nSPS) is 10.5. The van der Waals surface area contributed by atoms with Gasteiger partial charge in [0.15, 0.2) is 5.82 Å². The maximum atomic E-state index is 6.03. The Labute approximate surface area is 132 Å². The molecule has 0 aliphatic rings. The SMILES string of the molecule is CCNc1nc(-c2cccc(Cl)c2)nc(CC)c1I. The molecule has 0 radical (unpaired) electrons. The van der Waals surface area contributed by atoms with Gasteiger partial charge in [0.05, 0.1) is 9.26 Å². The number of rotatable bonds is 4. The lowest BCUT2D eigenvalue weighted by atomic mass is 10.2. The molecule has 0 aliphatic heterocycles. The fourth-order valence-corrected chi connectivity index (χ4v) is 2.77. The predicted molar refractivity (Wildman–Crippen MR) is 88.7 cm³/mol. The van der Waals surface area contributed by atoms with Gasteiger partial charge >= 0.3 is 0 Å². The number of nitrogens with zero attached hydrogens (tertiary/aromatic N) is 2. The molecule has 0 saturated heterocycles. The second-order valence-corrected chi connectivity index (χ2v) is 5.57. The zero-order chi connectivity index (χ0) is 13.8. The molecule has 5 heteroatoms. The summed E-state index contributed by atoms with van der Waals surface area (Å²) in [5, 5.41) is 3.98. The van der Waals surface area contributed by atoms with Crippen LogP contribution in [0.15, 0.2) is 24.3 Å². The molecule has 0 bridgehead atoms. The minimum atomic E-state index is 0.697. The molecule has 19 heavy (non-hydrogen) atoms. The maximum Gasteiger partial charge on any atom is 0.161 e. The molecule has 0 atom stereocenters. The molecule has 100 valence electrons. The van der Waals surface area contributed by atoms with Crippen LogP contribution in [-0.4, -0.2) is 16.5 Å². The highest BCUT2D eigenvalue weighted by atomic mass is 127. The van der Waals surface area contributed by atoms with Gasteiger partial charge in [-0.25, -0.2) is 9.97 Å². The van der Waals surface area contributed by atoms with E-state index in [0.29, 0.717) is 5.02 Å². The van der Waals surface area contributed by atoms with E-state index < -0.39 is 0 Å². The number of anilines is 1. The average Bonchev–Trinajstić information content (AvgIpc) is 2.41. The third-order valence-corrected chi connectivity index (χ3v) is 4.05. The zero-order valence-corrected chi connectivity index (χ0v) is 13.8. The Hall–Kier alpha value is -0.880. The molecule has 1 aromatic carbocycles. The van der Waals surface area contributed by atoms with Crippen LogP contribution in [0.4, 0.5) is 5.82 Å². The highest BCUT2D eigenvalue weighted by Crippen LogP contribution is 2.25. The van der Waals surface area contributed by atoms with E-state index in [1.165, 1.54) is 0 Å². The van der Waals surface area contributed by atoms with Gasteiger partial charge in [0.2, 0.25) is 0 Å². The van der Waals surface area contributed by atoms with E-state index in [2.05, 4.69) is 51.7 Å². The Bertz CT molecular complexity index is 587. The monoisotopic (exact) mass is 387 g/mol. The van der Waals surface area contributed by atoms with Gasteiger partial charge in [-0.15, -0.1) is 0 Å². The van der Waals surface area contributed by atoms with E-state index in [1.807, 2.05) is 24.3 Å².